The molecule has 2 rings (SSSR count). The number of halogens is 4. The van der Waals surface area contributed by atoms with Crippen LogP contribution in [0.1, 0.15) is 23.5 Å². The average Bonchev–Trinajstić information content (AvgIpc) is 2.38. The highest BCUT2D eigenvalue weighted by atomic mass is 35.5. The van der Waals surface area contributed by atoms with Crippen LogP contribution in [-0.2, 0) is 0 Å². The van der Waals surface area contributed by atoms with Crippen molar-refractivity contribution in [2.75, 3.05) is 0 Å². The lowest BCUT2D eigenvalue weighted by molar-refractivity contribution is 0.0625. The average molecular weight is 317 g/mol. The summed E-state index contributed by atoms with van der Waals surface area (Å²) in [6, 6.07) is 2.56. The summed E-state index contributed by atoms with van der Waals surface area (Å²) in [4.78, 5) is 15.9. The second-order valence-electron chi connectivity index (χ2n) is 4.67. The number of hydrogen-bond acceptors (Lipinski definition) is 2. The first kappa shape index (κ1) is 15.6. The van der Waals surface area contributed by atoms with E-state index in [1.165, 1.54) is 19.9 Å². The van der Waals surface area contributed by atoms with Crippen molar-refractivity contribution in [2.24, 2.45) is 0 Å². The molecule has 0 aliphatic heterocycles. The summed E-state index contributed by atoms with van der Waals surface area (Å²) in [5.41, 5.74) is -0.214. The quantitative estimate of drug-likeness (QED) is 0.838. The zero-order valence-corrected chi connectivity index (χ0v) is 12.3. The topological polar surface area (TPSA) is 34.9 Å². The molecule has 2 aromatic rings. The Bertz CT molecular complexity index is 772. The highest BCUT2D eigenvalue weighted by Crippen LogP contribution is 2.28. The number of aromatic nitrogens is 2. The molecule has 0 atom stereocenters. The van der Waals surface area contributed by atoms with Gasteiger partial charge in [-0.3, -0.25) is 4.79 Å². The maximum atomic E-state index is 14.0. The van der Waals surface area contributed by atoms with Gasteiger partial charge >= 0.3 is 6.55 Å². The fraction of sp³-hybridized carbons (Fsp3) is 0.286. The van der Waals surface area contributed by atoms with Crippen LogP contribution in [0.5, 0.6) is 0 Å². The fourth-order valence-electron chi connectivity index (χ4n) is 2.06. The minimum absolute atomic E-state index is 0.0403. The lowest BCUT2D eigenvalue weighted by Gasteiger charge is -2.13. The fourth-order valence-corrected chi connectivity index (χ4v) is 2.21. The molecule has 112 valence electrons. The van der Waals surface area contributed by atoms with Crippen molar-refractivity contribution in [1.29, 1.82) is 0 Å². The second kappa shape index (κ2) is 5.52. The molecular weight excluding hydrogens is 305 g/mol. The zero-order chi connectivity index (χ0) is 15.9. The number of hydrogen-bond donors (Lipinski definition) is 0. The Morgan fingerprint density at radius 2 is 1.86 bits per heavy atom. The highest BCUT2D eigenvalue weighted by Gasteiger charge is 2.20. The van der Waals surface area contributed by atoms with Crippen LogP contribution in [0.4, 0.5) is 13.2 Å². The van der Waals surface area contributed by atoms with Gasteiger partial charge in [-0.15, -0.1) is 0 Å². The maximum absolute atomic E-state index is 14.0. The van der Waals surface area contributed by atoms with Crippen LogP contribution in [0.2, 0.25) is 5.02 Å². The molecule has 0 N–H and O–H groups in total. The first-order valence-corrected chi connectivity index (χ1v) is 6.45. The predicted molar refractivity (Wildman–Crippen MR) is 74.4 cm³/mol. The number of rotatable bonds is 2. The van der Waals surface area contributed by atoms with Crippen LogP contribution in [0.25, 0.3) is 11.3 Å². The van der Waals surface area contributed by atoms with E-state index in [-0.39, 0.29) is 32.2 Å². The van der Waals surface area contributed by atoms with Gasteiger partial charge in [0, 0.05) is 16.1 Å². The highest BCUT2D eigenvalue weighted by molar-refractivity contribution is 6.31. The molecule has 7 heteroatoms. The summed E-state index contributed by atoms with van der Waals surface area (Å²) < 4.78 is 40.0. The summed E-state index contributed by atoms with van der Waals surface area (Å²) in [6.45, 7) is 1.30. The van der Waals surface area contributed by atoms with Gasteiger partial charge in [-0.05, 0) is 38.5 Å². The molecule has 1 heterocycles. The van der Waals surface area contributed by atoms with E-state index in [4.69, 9.17) is 11.6 Å². The minimum Gasteiger partial charge on any atom is -0.269 e. The van der Waals surface area contributed by atoms with Gasteiger partial charge in [0.1, 0.15) is 11.6 Å². The van der Waals surface area contributed by atoms with Gasteiger partial charge in [0.15, 0.2) is 0 Å². The summed E-state index contributed by atoms with van der Waals surface area (Å²) in [5.74, 6) is -0.836. The molecule has 0 amide bonds. The Balaban J connectivity index is 2.78. The molecule has 21 heavy (non-hydrogen) atoms. The van der Waals surface area contributed by atoms with E-state index in [9.17, 15) is 18.0 Å². The number of nitrogens with zero attached hydrogens (tertiary/aromatic N) is 2. The Kier molecular flexibility index (Phi) is 4.09. The van der Waals surface area contributed by atoms with Gasteiger partial charge in [-0.25, -0.2) is 13.9 Å². The monoisotopic (exact) mass is 316 g/mol. The summed E-state index contributed by atoms with van der Waals surface area (Å²) >= 11 is 5.82. The molecule has 0 radical (unpaired) electrons. The normalized spacial score (nSPS) is 11.2. The van der Waals surface area contributed by atoms with E-state index >= 15 is 0 Å². The maximum Gasteiger partial charge on any atom is 0.322 e. The largest absolute Gasteiger partial charge is 0.322 e. The van der Waals surface area contributed by atoms with Gasteiger partial charge < -0.3 is 0 Å². The van der Waals surface area contributed by atoms with Crippen LogP contribution >= 0.6 is 11.6 Å². The number of benzene rings is 1. The standard InChI is InChI=1S/C14H12ClF3N2O/c1-6-4-9(11(16)5-10(6)15)12-7(2)13(21)20(14(17)18)8(3)19-12/h4-5,14H,1-3H3. The second-order valence-corrected chi connectivity index (χ2v) is 5.07. The van der Waals surface area contributed by atoms with Crippen molar-refractivity contribution in [3.05, 3.63) is 50.3 Å². The number of aryl methyl sites for hydroxylation is 2. The SMILES string of the molecule is Cc1cc(-c2nc(C)n(C(F)F)c(=O)c2C)c(F)cc1Cl. The summed E-state index contributed by atoms with van der Waals surface area (Å²) in [5, 5.41) is 0.242. The van der Waals surface area contributed by atoms with Crippen molar-refractivity contribution < 1.29 is 13.2 Å². The summed E-state index contributed by atoms with van der Waals surface area (Å²) in [6.07, 6.45) is 0. The molecule has 0 aliphatic rings. The molecule has 0 aliphatic carbocycles. The van der Waals surface area contributed by atoms with Crippen molar-refractivity contribution in [3.63, 3.8) is 0 Å². The van der Waals surface area contributed by atoms with Crippen LogP contribution < -0.4 is 5.56 Å². The third-order valence-corrected chi connectivity index (χ3v) is 3.62. The molecule has 1 aromatic heterocycles. The van der Waals surface area contributed by atoms with E-state index < -0.39 is 17.9 Å². The lowest BCUT2D eigenvalue weighted by Crippen LogP contribution is -2.27. The smallest absolute Gasteiger partial charge is 0.269 e. The first-order valence-electron chi connectivity index (χ1n) is 6.08. The Morgan fingerprint density at radius 3 is 2.43 bits per heavy atom. The molecule has 0 saturated carbocycles. The van der Waals surface area contributed by atoms with Gasteiger partial charge in [-0.1, -0.05) is 11.6 Å². The van der Waals surface area contributed by atoms with Crippen molar-refractivity contribution in [1.82, 2.24) is 9.55 Å². The van der Waals surface area contributed by atoms with Crippen molar-refractivity contribution >= 4 is 11.6 Å². The van der Waals surface area contributed by atoms with E-state index in [0.29, 0.717) is 5.56 Å². The first-order chi connectivity index (χ1) is 9.73. The van der Waals surface area contributed by atoms with Gasteiger partial charge in [0.2, 0.25) is 0 Å². The molecule has 0 fully saturated rings. The lowest BCUT2D eigenvalue weighted by atomic mass is 10.0. The molecule has 0 bridgehead atoms. The molecule has 0 spiro atoms. The molecular formula is C14H12ClF3N2O. The van der Waals surface area contributed by atoms with Gasteiger partial charge in [0.25, 0.3) is 5.56 Å². The Morgan fingerprint density at radius 1 is 1.24 bits per heavy atom. The molecule has 0 unspecified atom stereocenters. The van der Waals surface area contributed by atoms with Crippen LogP contribution in [0.15, 0.2) is 16.9 Å². The van der Waals surface area contributed by atoms with Crippen LogP contribution in [0, 0.1) is 26.6 Å². The molecule has 0 saturated heterocycles. The Labute approximate surface area is 124 Å². The van der Waals surface area contributed by atoms with Gasteiger partial charge in [-0.2, -0.15) is 8.78 Å². The Hall–Kier alpha value is -1.82. The summed E-state index contributed by atoms with van der Waals surface area (Å²) in [7, 11) is 0. The van der Waals surface area contributed by atoms with E-state index in [1.54, 1.807) is 6.92 Å². The van der Waals surface area contributed by atoms with Crippen LogP contribution in [0.3, 0.4) is 0 Å². The van der Waals surface area contributed by atoms with Crippen LogP contribution in [-0.4, -0.2) is 9.55 Å². The molecule has 1 aromatic carbocycles. The van der Waals surface area contributed by atoms with E-state index in [2.05, 4.69) is 4.98 Å². The van der Waals surface area contributed by atoms with Gasteiger partial charge in [0.05, 0.1) is 5.69 Å². The number of alkyl halides is 2. The minimum atomic E-state index is -2.99. The van der Waals surface area contributed by atoms with Crippen molar-refractivity contribution in [2.45, 2.75) is 27.3 Å². The third kappa shape index (κ3) is 2.68. The predicted octanol–water partition coefficient (Wildman–Crippen LogP) is 4.02. The zero-order valence-electron chi connectivity index (χ0n) is 11.5. The van der Waals surface area contributed by atoms with E-state index in [0.717, 1.165) is 6.07 Å². The van der Waals surface area contributed by atoms with Crippen molar-refractivity contribution in [3.8, 4) is 11.3 Å². The third-order valence-electron chi connectivity index (χ3n) is 3.22. The molecule has 3 nitrogen and oxygen atoms in total. The van der Waals surface area contributed by atoms with E-state index in [1.807, 2.05) is 0 Å².